The molecule has 8 heteroatoms. The first-order chi connectivity index (χ1) is 13.0. The summed E-state index contributed by atoms with van der Waals surface area (Å²) in [6, 6.07) is 3.84. The highest BCUT2D eigenvalue weighted by molar-refractivity contribution is 5.74. The molecule has 1 aliphatic heterocycles. The molecule has 2 aromatic rings. The fraction of sp³-hybridized carbons (Fsp3) is 0.526. The highest BCUT2D eigenvalue weighted by Gasteiger charge is 2.22. The lowest BCUT2D eigenvalue weighted by Gasteiger charge is -2.29. The second kappa shape index (κ2) is 8.28. The Labute approximate surface area is 158 Å². The van der Waals surface area contributed by atoms with E-state index in [0.717, 1.165) is 17.7 Å². The van der Waals surface area contributed by atoms with Crippen molar-refractivity contribution in [2.24, 2.45) is 0 Å². The van der Waals surface area contributed by atoms with E-state index in [1.165, 1.54) is 5.56 Å². The molecule has 0 saturated carbocycles. The lowest BCUT2D eigenvalue weighted by atomic mass is 9.99. The smallest absolute Gasteiger partial charge is 0.317 e. The molecule has 8 nitrogen and oxygen atoms in total. The lowest BCUT2D eigenvalue weighted by molar-refractivity contribution is 0.192. The van der Waals surface area contributed by atoms with Crippen molar-refractivity contribution in [2.45, 2.75) is 39.2 Å². The van der Waals surface area contributed by atoms with Crippen molar-refractivity contribution in [2.75, 3.05) is 27.3 Å². The maximum absolute atomic E-state index is 12.5. The normalized spacial score (nSPS) is 13.4. The first-order valence-corrected chi connectivity index (χ1v) is 9.10. The molecule has 0 aliphatic carbocycles. The summed E-state index contributed by atoms with van der Waals surface area (Å²) in [5, 5.41) is 6.85. The van der Waals surface area contributed by atoms with Gasteiger partial charge in [0.05, 0.1) is 14.2 Å². The topological polar surface area (TPSA) is 89.7 Å². The van der Waals surface area contributed by atoms with Crippen LogP contribution in [0.1, 0.15) is 42.6 Å². The van der Waals surface area contributed by atoms with Gasteiger partial charge < -0.3 is 24.2 Å². The molecule has 2 heterocycles. The van der Waals surface area contributed by atoms with Crippen LogP contribution in [0.2, 0.25) is 0 Å². The molecule has 1 aromatic carbocycles. The predicted molar refractivity (Wildman–Crippen MR) is 99.1 cm³/mol. The Balaban J connectivity index is 1.55. The largest absolute Gasteiger partial charge is 0.493 e. The number of nitrogens with one attached hydrogen (secondary N) is 1. The molecule has 1 N–H and O–H groups in total. The number of rotatable bonds is 6. The minimum atomic E-state index is -0.0981. The van der Waals surface area contributed by atoms with E-state index in [0.29, 0.717) is 43.5 Å². The zero-order valence-electron chi connectivity index (χ0n) is 16.2. The first-order valence-electron chi connectivity index (χ1n) is 9.10. The number of ether oxygens (including phenoxy) is 2. The van der Waals surface area contributed by atoms with Crippen LogP contribution in [0.3, 0.4) is 0 Å². The van der Waals surface area contributed by atoms with Gasteiger partial charge in [0.25, 0.3) is 0 Å². The molecule has 0 saturated heterocycles. The summed E-state index contributed by atoms with van der Waals surface area (Å²) in [6.45, 7) is 5.67. The summed E-state index contributed by atoms with van der Waals surface area (Å²) in [5.74, 6) is 2.85. The molecule has 0 bridgehead atoms. The highest BCUT2D eigenvalue weighted by Crippen LogP contribution is 2.33. The number of nitrogens with zero attached hydrogens (tertiary/aromatic N) is 3. The molecule has 1 aliphatic rings. The van der Waals surface area contributed by atoms with Crippen molar-refractivity contribution in [3.8, 4) is 11.5 Å². The Morgan fingerprint density at radius 3 is 2.59 bits per heavy atom. The van der Waals surface area contributed by atoms with Crippen molar-refractivity contribution in [3.63, 3.8) is 0 Å². The number of carbonyl (C=O) groups is 1. The Kier molecular flexibility index (Phi) is 5.83. The van der Waals surface area contributed by atoms with Gasteiger partial charge in [0, 0.05) is 32.0 Å². The maximum atomic E-state index is 12.5. The van der Waals surface area contributed by atoms with E-state index in [1.807, 2.05) is 26.0 Å². The van der Waals surface area contributed by atoms with E-state index in [-0.39, 0.29) is 11.9 Å². The van der Waals surface area contributed by atoms with E-state index < -0.39 is 0 Å². The number of fused-ring (bicyclic) bond motifs is 1. The Bertz CT molecular complexity index is 803. The van der Waals surface area contributed by atoms with E-state index in [2.05, 4.69) is 15.5 Å². The summed E-state index contributed by atoms with van der Waals surface area (Å²) in [6.07, 6.45) is 1.30. The third-order valence-electron chi connectivity index (χ3n) is 4.62. The van der Waals surface area contributed by atoms with Crippen LogP contribution in [-0.2, 0) is 19.4 Å². The Morgan fingerprint density at radius 1 is 1.26 bits per heavy atom. The molecule has 1 aromatic heterocycles. The highest BCUT2D eigenvalue weighted by atomic mass is 16.5. The minimum Gasteiger partial charge on any atom is -0.493 e. The predicted octanol–water partition coefficient (Wildman–Crippen LogP) is 2.52. The number of methoxy groups -OCH3 is 2. The molecule has 2 amide bonds. The molecule has 146 valence electrons. The van der Waals surface area contributed by atoms with Gasteiger partial charge in [0.2, 0.25) is 5.89 Å². The van der Waals surface area contributed by atoms with Crippen LogP contribution in [0, 0.1) is 0 Å². The number of hydrogen-bond donors (Lipinski definition) is 1. The molecule has 0 fully saturated rings. The van der Waals surface area contributed by atoms with Crippen molar-refractivity contribution in [1.82, 2.24) is 20.4 Å². The first kappa shape index (κ1) is 19.0. The maximum Gasteiger partial charge on any atom is 0.317 e. The third-order valence-corrected chi connectivity index (χ3v) is 4.62. The molecule has 27 heavy (non-hydrogen) atoms. The van der Waals surface area contributed by atoms with Crippen LogP contribution in [0.5, 0.6) is 11.5 Å². The average molecular weight is 374 g/mol. The minimum absolute atomic E-state index is 0.0981. The zero-order chi connectivity index (χ0) is 19.4. The summed E-state index contributed by atoms with van der Waals surface area (Å²) < 4.78 is 15.9. The lowest BCUT2D eigenvalue weighted by Crippen LogP contribution is -2.43. The molecule has 0 unspecified atom stereocenters. The van der Waals surface area contributed by atoms with Crippen molar-refractivity contribution in [3.05, 3.63) is 35.0 Å². The number of benzene rings is 1. The SMILES string of the molecule is COc1cc2c(cc1OC)CN(C(=O)NCCc1nc(C(C)C)no1)CC2. The second-order valence-electron chi connectivity index (χ2n) is 6.83. The molecular weight excluding hydrogens is 348 g/mol. The molecule has 0 atom stereocenters. The van der Waals surface area contributed by atoms with Gasteiger partial charge in [-0.05, 0) is 29.7 Å². The summed E-state index contributed by atoms with van der Waals surface area (Å²) in [4.78, 5) is 18.6. The van der Waals surface area contributed by atoms with Crippen LogP contribution in [0.15, 0.2) is 16.7 Å². The van der Waals surface area contributed by atoms with Crippen LogP contribution < -0.4 is 14.8 Å². The summed E-state index contributed by atoms with van der Waals surface area (Å²) >= 11 is 0. The van der Waals surface area contributed by atoms with Gasteiger partial charge in [-0.2, -0.15) is 4.98 Å². The number of carbonyl (C=O) groups excluding carboxylic acids is 1. The van der Waals surface area contributed by atoms with Gasteiger partial charge in [-0.25, -0.2) is 4.79 Å². The van der Waals surface area contributed by atoms with Gasteiger partial charge in [0.15, 0.2) is 17.3 Å². The fourth-order valence-electron chi connectivity index (χ4n) is 3.05. The monoisotopic (exact) mass is 374 g/mol. The number of hydrogen-bond acceptors (Lipinski definition) is 6. The standard InChI is InChI=1S/C19H26N4O4/c1-12(2)18-21-17(27-22-18)5-7-20-19(24)23-8-6-13-9-15(25-3)16(26-4)10-14(13)11-23/h9-10,12H,5-8,11H2,1-4H3,(H,20,24). The van der Waals surface area contributed by atoms with Gasteiger partial charge in [-0.1, -0.05) is 19.0 Å². The van der Waals surface area contributed by atoms with Gasteiger partial charge in [0.1, 0.15) is 0 Å². The molecule has 3 rings (SSSR count). The van der Waals surface area contributed by atoms with Gasteiger partial charge >= 0.3 is 6.03 Å². The van der Waals surface area contributed by atoms with Gasteiger partial charge in [-0.3, -0.25) is 0 Å². The Hall–Kier alpha value is -2.77. The van der Waals surface area contributed by atoms with Crippen molar-refractivity contribution in [1.29, 1.82) is 0 Å². The van der Waals surface area contributed by atoms with E-state index >= 15 is 0 Å². The summed E-state index contributed by atoms with van der Waals surface area (Å²) in [5.41, 5.74) is 2.26. The van der Waals surface area contributed by atoms with E-state index in [1.54, 1.807) is 19.1 Å². The molecule has 0 spiro atoms. The quantitative estimate of drug-likeness (QED) is 0.836. The van der Waals surface area contributed by atoms with Crippen LogP contribution in [0.4, 0.5) is 4.79 Å². The second-order valence-corrected chi connectivity index (χ2v) is 6.83. The number of urea groups is 1. The van der Waals surface area contributed by atoms with Crippen molar-refractivity contribution < 1.29 is 18.8 Å². The zero-order valence-corrected chi connectivity index (χ0v) is 16.2. The van der Waals surface area contributed by atoms with E-state index in [4.69, 9.17) is 14.0 Å². The van der Waals surface area contributed by atoms with Gasteiger partial charge in [-0.15, -0.1) is 0 Å². The Morgan fingerprint density at radius 2 is 1.96 bits per heavy atom. The van der Waals surface area contributed by atoms with Crippen LogP contribution in [0.25, 0.3) is 0 Å². The fourth-order valence-corrected chi connectivity index (χ4v) is 3.05. The van der Waals surface area contributed by atoms with Crippen LogP contribution in [-0.4, -0.2) is 48.4 Å². The third kappa shape index (κ3) is 4.32. The average Bonchev–Trinajstić information content (AvgIpc) is 3.15. The molecule has 0 radical (unpaired) electrons. The van der Waals surface area contributed by atoms with E-state index in [9.17, 15) is 4.79 Å². The molecular formula is C19H26N4O4. The van der Waals surface area contributed by atoms with Crippen LogP contribution >= 0.6 is 0 Å². The summed E-state index contributed by atoms with van der Waals surface area (Å²) in [7, 11) is 3.24. The van der Waals surface area contributed by atoms with Crippen molar-refractivity contribution >= 4 is 6.03 Å². The number of aromatic nitrogens is 2. The number of amides is 2.